The zero-order valence-electron chi connectivity index (χ0n) is 11.7. The van der Waals surface area contributed by atoms with Gasteiger partial charge in [0, 0.05) is 5.02 Å². The van der Waals surface area contributed by atoms with E-state index in [1.807, 2.05) is 13.8 Å². The second kappa shape index (κ2) is 6.64. The Morgan fingerprint density at radius 2 is 2.10 bits per heavy atom. The van der Waals surface area contributed by atoms with Gasteiger partial charge < -0.3 is 10.1 Å². The van der Waals surface area contributed by atoms with Gasteiger partial charge in [-0.25, -0.2) is 9.78 Å². The van der Waals surface area contributed by atoms with E-state index in [9.17, 15) is 4.79 Å². The molecule has 1 aromatic carbocycles. The van der Waals surface area contributed by atoms with E-state index >= 15 is 0 Å². The smallest absolute Gasteiger partial charge is 0.350 e. The van der Waals surface area contributed by atoms with Crippen LogP contribution in [0.1, 0.15) is 35.1 Å². The van der Waals surface area contributed by atoms with E-state index in [4.69, 9.17) is 27.9 Å². The first-order valence-corrected chi connectivity index (χ1v) is 7.80. The lowest BCUT2D eigenvalue weighted by atomic mass is 10.1. The molecule has 0 atom stereocenters. The van der Waals surface area contributed by atoms with Crippen molar-refractivity contribution in [3.63, 3.8) is 0 Å². The van der Waals surface area contributed by atoms with E-state index < -0.39 is 0 Å². The summed E-state index contributed by atoms with van der Waals surface area (Å²) in [7, 11) is 1.35. The number of rotatable bonds is 4. The maximum Gasteiger partial charge on any atom is 0.350 e. The predicted octanol–water partition coefficient (Wildman–Crippen LogP) is 5.10. The molecule has 0 aliphatic rings. The van der Waals surface area contributed by atoms with Crippen molar-refractivity contribution in [3.8, 4) is 0 Å². The minimum atomic E-state index is -0.388. The minimum absolute atomic E-state index is 0.112. The van der Waals surface area contributed by atoms with E-state index in [2.05, 4.69) is 10.3 Å². The third kappa shape index (κ3) is 3.67. The van der Waals surface area contributed by atoms with Crippen LogP contribution in [0.2, 0.25) is 10.0 Å². The second-order valence-electron chi connectivity index (χ2n) is 4.63. The van der Waals surface area contributed by atoms with Crippen LogP contribution in [0.3, 0.4) is 0 Å². The molecule has 0 saturated heterocycles. The molecule has 0 spiro atoms. The van der Waals surface area contributed by atoms with Crippen molar-refractivity contribution < 1.29 is 9.53 Å². The molecule has 0 unspecified atom stereocenters. The van der Waals surface area contributed by atoms with Crippen LogP contribution in [0, 0.1) is 0 Å². The van der Waals surface area contributed by atoms with Gasteiger partial charge in [-0.1, -0.05) is 48.4 Å². The van der Waals surface area contributed by atoms with Gasteiger partial charge in [0.2, 0.25) is 0 Å². The monoisotopic (exact) mass is 344 g/mol. The Labute approximate surface area is 137 Å². The summed E-state index contributed by atoms with van der Waals surface area (Å²) in [4.78, 5) is 16.7. The van der Waals surface area contributed by atoms with Crippen molar-refractivity contribution >= 4 is 51.3 Å². The van der Waals surface area contributed by atoms with Gasteiger partial charge in [0.05, 0.1) is 23.5 Å². The van der Waals surface area contributed by atoms with Crippen LogP contribution in [-0.4, -0.2) is 18.1 Å². The van der Waals surface area contributed by atoms with Gasteiger partial charge >= 0.3 is 5.97 Å². The molecular formula is C14H14Cl2N2O2S. The molecule has 0 amide bonds. The number of aromatic nitrogens is 1. The van der Waals surface area contributed by atoms with Gasteiger partial charge in [-0.3, -0.25) is 0 Å². The summed E-state index contributed by atoms with van der Waals surface area (Å²) in [6, 6.07) is 5.11. The van der Waals surface area contributed by atoms with E-state index in [0.717, 1.165) is 0 Å². The first kappa shape index (κ1) is 16.1. The quantitative estimate of drug-likeness (QED) is 0.783. The van der Waals surface area contributed by atoms with Crippen molar-refractivity contribution in [2.45, 2.75) is 19.8 Å². The number of thiazole rings is 1. The Balaban J connectivity index is 2.37. The molecule has 4 nitrogen and oxygen atoms in total. The highest BCUT2D eigenvalue weighted by Crippen LogP contribution is 2.33. The standard InChI is InChI=1S/C14H14Cl2N2O2S/c1-7(2)11-12(13(19)20-3)21-14(18-11)17-10-6-8(15)4-5-9(10)16/h4-7H,1-3H3,(H,17,18). The highest BCUT2D eigenvalue weighted by molar-refractivity contribution is 7.17. The Morgan fingerprint density at radius 1 is 1.38 bits per heavy atom. The van der Waals surface area contributed by atoms with Crippen LogP contribution in [0.25, 0.3) is 0 Å². The van der Waals surface area contributed by atoms with Crippen LogP contribution in [0.4, 0.5) is 10.8 Å². The van der Waals surface area contributed by atoms with Gasteiger partial charge in [0.25, 0.3) is 0 Å². The number of methoxy groups -OCH3 is 1. The van der Waals surface area contributed by atoms with Crippen molar-refractivity contribution in [1.82, 2.24) is 4.98 Å². The summed E-state index contributed by atoms with van der Waals surface area (Å²) in [6.07, 6.45) is 0. The SMILES string of the molecule is COC(=O)c1sc(Nc2cc(Cl)ccc2Cl)nc1C(C)C. The molecule has 1 aromatic heterocycles. The Morgan fingerprint density at radius 3 is 2.71 bits per heavy atom. The molecular weight excluding hydrogens is 331 g/mol. The average molecular weight is 345 g/mol. The number of carbonyl (C=O) groups excluding carboxylic acids is 1. The largest absolute Gasteiger partial charge is 0.465 e. The van der Waals surface area contributed by atoms with Crippen molar-refractivity contribution in [2.24, 2.45) is 0 Å². The fraction of sp³-hybridized carbons (Fsp3) is 0.286. The fourth-order valence-corrected chi connectivity index (χ4v) is 3.11. The van der Waals surface area contributed by atoms with Crippen molar-refractivity contribution in [2.75, 3.05) is 12.4 Å². The molecule has 2 rings (SSSR count). The van der Waals surface area contributed by atoms with E-state index in [1.165, 1.54) is 18.4 Å². The molecule has 112 valence electrons. The van der Waals surface area contributed by atoms with Gasteiger partial charge in [0.1, 0.15) is 4.88 Å². The molecule has 0 bridgehead atoms. The minimum Gasteiger partial charge on any atom is -0.465 e. The van der Waals surface area contributed by atoms with Crippen LogP contribution in [0.15, 0.2) is 18.2 Å². The van der Waals surface area contributed by atoms with Crippen LogP contribution < -0.4 is 5.32 Å². The van der Waals surface area contributed by atoms with Crippen LogP contribution in [0.5, 0.6) is 0 Å². The summed E-state index contributed by atoms with van der Waals surface area (Å²) < 4.78 is 4.79. The fourth-order valence-electron chi connectivity index (χ4n) is 1.72. The topological polar surface area (TPSA) is 51.2 Å². The molecule has 2 aromatic rings. The molecule has 0 aliphatic heterocycles. The van der Waals surface area contributed by atoms with E-state index in [-0.39, 0.29) is 11.9 Å². The van der Waals surface area contributed by atoms with Gasteiger partial charge in [-0.15, -0.1) is 0 Å². The van der Waals surface area contributed by atoms with Crippen molar-refractivity contribution in [1.29, 1.82) is 0 Å². The molecule has 21 heavy (non-hydrogen) atoms. The maximum absolute atomic E-state index is 11.8. The first-order chi connectivity index (χ1) is 9.92. The van der Waals surface area contributed by atoms with E-state index in [1.54, 1.807) is 18.2 Å². The summed E-state index contributed by atoms with van der Waals surface area (Å²) in [5.41, 5.74) is 1.34. The predicted molar refractivity (Wildman–Crippen MR) is 87.3 cm³/mol. The third-order valence-corrected chi connectivity index (χ3v) is 4.27. The van der Waals surface area contributed by atoms with Crippen LogP contribution in [-0.2, 0) is 4.74 Å². The third-order valence-electron chi connectivity index (χ3n) is 2.74. The molecule has 1 N–H and O–H groups in total. The number of anilines is 2. The summed E-state index contributed by atoms with van der Waals surface area (Å²) in [6.45, 7) is 3.94. The molecule has 7 heteroatoms. The average Bonchev–Trinajstić information content (AvgIpc) is 2.86. The van der Waals surface area contributed by atoms with Gasteiger partial charge in [0.15, 0.2) is 5.13 Å². The number of ether oxygens (including phenoxy) is 1. The number of nitrogens with zero attached hydrogens (tertiary/aromatic N) is 1. The number of hydrogen-bond acceptors (Lipinski definition) is 5. The van der Waals surface area contributed by atoms with Gasteiger partial charge in [-0.2, -0.15) is 0 Å². The zero-order valence-corrected chi connectivity index (χ0v) is 14.1. The highest BCUT2D eigenvalue weighted by atomic mass is 35.5. The highest BCUT2D eigenvalue weighted by Gasteiger charge is 2.21. The molecule has 1 heterocycles. The lowest BCUT2D eigenvalue weighted by molar-refractivity contribution is 0.0604. The lowest BCUT2D eigenvalue weighted by Crippen LogP contribution is -2.03. The Kier molecular flexibility index (Phi) is 5.08. The number of carbonyl (C=O) groups is 1. The first-order valence-electron chi connectivity index (χ1n) is 6.23. The Hall–Kier alpha value is -1.30. The maximum atomic E-state index is 11.8. The molecule has 0 fully saturated rings. The molecule has 0 saturated carbocycles. The summed E-state index contributed by atoms with van der Waals surface area (Å²) in [5.74, 6) is -0.276. The van der Waals surface area contributed by atoms with Gasteiger partial charge in [-0.05, 0) is 24.1 Å². The van der Waals surface area contributed by atoms with Crippen molar-refractivity contribution in [3.05, 3.63) is 38.8 Å². The second-order valence-corrected chi connectivity index (χ2v) is 6.47. The Bertz CT molecular complexity index is 671. The molecule has 0 aliphatic carbocycles. The molecule has 0 radical (unpaired) electrons. The number of hydrogen-bond donors (Lipinski definition) is 1. The number of nitrogens with one attached hydrogen (secondary N) is 1. The zero-order chi connectivity index (χ0) is 15.6. The number of esters is 1. The summed E-state index contributed by atoms with van der Waals surface area (Å²) >= 11 is 13.3. The number of benzene rings is 1. The normalized spacial score (nSPS) is 10.8. The van der Waals surface area contributed by atoms with Crippen LogP contribution >= 0.6 is 34.5 Å². The lowest BCUT2D eigenvalue weighted by Gasteiger charge is -2.05. The summed E-state index contributed by atoms with van der Waals surface area (Å²) in [5, 5.41) is 4.76. The number of halogens is 2. The van der Waals surface area contributed by atoms with E-state index in [0.29, 0.717) is 31.4 Å².